The van der Waals surface area contributed by atoms with Gasteiger partial charge in [-0.25, -0.2) is 13.2 Å². The van der Waals surface area contributed by atoms with Crippen molar-refractivity contribution in [1.82, 2.24) is 0 Å². The van der Waals surface area contributed by atoms with E-state index >= 15 is 0 Å². The van der Waals surface area contributed by atoms with Crippen molar-refractivity contribution < 1.29 is 23.1 Å². The van der Waals surface area contributed by atoms with E-state index in [9.17, 15) is 18.0 Å². The summed E-state index contributed by atoms with van der Waals surface area (Å²) in [7, 11) is 0. The third kappa shape index (κ3) is 2.51. The van der Waals surface area contributed by atoms with E-state index < -0.39 is 35.8 Å². The highest BCUT2D eigenvalue weighted by atomic mass is 19.3. The first-order chi connectivity index (χ1) is 7.45. The molecule has 1 aromatic rings. The molecule has 1 N–H and O–H groups in total. The molecule has 3 nitrogen and oxygen atoms in total. The Morgan fingerprint density at radius 2 is 2.12 bits per heavy atom. The summed E-state index contributed by atoms with van der Waals surface area (Å²) in [5.41, 5.74) is -1.47. The number of carboxylic acids is 1. The van der Waals surface area contributed by atoms with Crippen molar-refractivity contribution in [1.29, 1.82) is 5.26 Å². The number of rotatable bonds is 3. The maximum Gasteiger partial charge on any atom is 0.307 e. The average Bonchev–Trinajstić information content (AvgIpc) is 2.16. The minimum absolute atomic E-state index is 0.320. The summed E-state index contributed by atoms with van der Waals surface area (Å²) in [6.07, 6.45) is -3.65. The van der Waals surface area contributed by atoms with Gasteiger partial charge in [-0.2, -0.15) is 5.26 Å². The number of hydrogen-bond donors (Lipinski definition) is 1. The van der Waals surface area contributed by atoms with Gasteiger partial charge >= 0.3 is 5.97 Å². The number of nitrogens with zero attached hydrogens (tertiary/aromatic N) is 1. The molecule has 1 aromatic carbocycles. The Morgan fingerprint density at radius 3 is 2.56 bits per heavy atom. The molecule has 0 aliphatic rings. The van der Waals surface area contributed by atoms with Crippen molar-refractivity contribution >= 4 is 5.97 Å². The molecular formula is C10H6F3NO2. The van der Waals surface area contributed by atoms with Gasteiger partial charge in [-0.1, -0.05) is 0 Å². The van der Waals surface area contributed by atoms with Crippen LogP contribution in [0.3, 0.4) is 0 Å². The summed E-state index contributed by atoms with van der Waals surface area (Å²) in [6, 6.07) is 2.76. The van der Waals surface area contributed by atoms with E-state index in [4.69, 9.17) is 10.4 Å². The predicted molar refractivity (Wildman–Crippen MR) is 47.4 cm³/mol. The van der Waals surface area contributed by atoms with Gasteiger partial charge in [-0.05, 0) is 17.7 Å². The second-order valence-electron chi connectivity index (χ2n) is 3.01. The van der Waals surface area contributed by atoms with E-state index in [2.05, 4.69) is 0 Å². The number of aliphatic carboxylic acids is 1. The lowest BCUT2D eigenvalue weighted by atomic mass is 10.0. The third-order valence-electron chi connectivity index (χ3n) is 1.93. The Labute approximate surface area is 88.7 Å². The highest BCUT2D eigenvalue weighted by molar-refractivity contribution is 5.71. The second-order valence-corrected chi connectivity index (χ2v) is 3.01. The Bertz CT molecular complexity index is 466. The molecule has 84 valence electrons. The number of alkyl halides is 2. The van der Waals surface area contributed by atoms with Gasteiger partial charge in [0.05, 0.1) is 12.0 Å². The van der Waals surface area contributed by atoms with Crippen molar-refractivity contribution in [3.05, 3.63) is 34.6 Å². The SMILES string of the molecule is N#Cc1cc(C(F)F)c(CC(=O)O)cc1F. The number of carbonyl (C=O) groups is 1. The zero-order chi connectivity index (χ0) is 12.3. The van der Waals surface area contributed by atoms with Crippen LogP contribution < -0.4 is 0 Å². The van der Waals surface area contributed by atoms with Crippen LogP contribution in [0, 0.1) is 17.1 Å². The van der Waals surface area contributed by atoms with E-state index in [1.54, 1.807) is 0 Å². The second kappa shape index (κ2) is 4.66. The fraction of sp³-hybridized carbons (Fsp3) is 0.200. The van der Waals surface area contributed by atoms with Crippen LogP contribution in [0.5, 0.6) is 0 Å². The molecule has 0 unspecified atom stereocenters. The Kier molecular flexibility index (Phi) is 3.51. The smallest absolute Gasteiger partial charge is 0.307 e. The lowest BCUT2D eigenvalue weighted by Crippen LogP contribution is -2.05. The minimum atomic E-state index is -2.94. The van der Waals surface area contributed by atoms with Gasteiger partial charge < -0.3 is 5.11 Å². The fourth-order valence-electron chi connectivity index (χ4n) is 1.24. The van der Waals surface area contributed by atoms with E-state index in [0.29, 0.717) is 12.1 Å². The third-order valence-corrected chi connectivity index (χ3v) is 1.93. The number of halogens is 3. The van der Waals surface area contributed by atoms with Crippen LogP contribution in [-0.4, -0.2) is 11.1 Å². The van der Waals surface area contributed by atoms with Crippen LogP contribution >= 0.6 is 0 Å². The first-order valence-electron chi connectivity index (χ1n) is 4.18. The van der Waals surface area contributed by atoms with E-state index in [1.165, 1.54) is 6.07 Å². The number of hydrogen-bond acceptors (Lipinski definition) is 2. The molecule has 0 fully saturated rings. The normalized spacial score (nSPS) is 10.2. The Morgan fingerprint density at radius 1 is 1.50 bits per heavy atom. The van der Waals surface area contributed by atoms with Crippen molar-refractivity contribution in [2.45, 2.75) is 12.8 Å². The molecule has 0 aliphatic carbocycles. The highest BCUT2D eigenvalue weighted by Crippen LogP contribution is 2.26. The van der Waals surface area contributed by atoms with Gasteiger partial charge in [0.15, 0.2) is 0 Å². The zero-order valence-corrected chi connectivity index (χ0v) is 7.88. The maximum absolute atomic E-state index is 13.1. The number of benzene rings is 1. The molecule has 0 heterocycles. The quantitative estimate of drug-likeness (QED) is 0.864. The Balaban J connectivity index is 3.31. The van der Waals surface area contributed by atoms with Gasteiger partial charge in [0.25, 0.3) is 6.43 Å². The molecule has 0 saturated heterocycles. The summed E-state index contributed by atoms with van der Waals surface area (Å²) in [6.45, 7) is 0. The van der Waals surface area contributed by atoms with Crippen molar-refractivity contribution in [3.63, 3.8) is 0 Å². The lowest BCUT2D eigenvalue weighted by molar-refractivity contribution is -0.136. The van der Waals surface area contributed by atoms with Crippen molar-refractivity contribution in [3.8, 4) is 6.07 Å². The summed E-state index contributed by atoms with van der Waals surface area (Å²) in [4.78, 5) is 10.4. The van der Waals surface area contributed by atoms with E-state index in [-0.39, 0.29) is 5.56 Å². The van der Waals surface area contributed by atoms with Gasteiger partial charge in [-0.15, -0.1) is 0 Å². The van der Waals surface area contributed by atoms with Crippen LogP contribution in [0.2, 0.25) is 0 Å². The van der Waals surface area contributed by atoms with Crippen molar-refractivity contribution in [2.24, 2.45) is 0 Å². The largest absolute Gasteiger partial charge is 0.481 e. The van der Waals surface area contributed by atoms with Gasteiger partial charge in [0, 0.05) is 5.56 Å². The summed E-state index contributed by atoms with van der Waals surface area (Å²) in [5, 5.41) is 16.9. The maximum atomic E-state index is 13.1. The van der Waals surface area contributed by atoms with Crippen LogP contribution in [0.1, 0.15) is 23.1 Å². The molecule has 16 heavy (non-hydrogen) atoms. The molecule has 0 aromatic heterocycles. The van der Waals surface area contributed by atoms with Crippen molar-refractivity contribution in [2.75, 3.05) is 0 Å². The molecule has 6 heteroatoms. The van der Waals surface area contributed by atoms with Gasteiger partial charge in [0.2, 0.25) is 0 Å². The molecule has 0 bridgehead atoms. The average molecular weight is 229 g/mol. The topological polar surface area (TPSA) is 61.1 Å². The molecule has 1 rings (SSSR count). The summed E-state index contributed by atoms with van der Waals surface area (Å²) < 4.78 is 38.1. The minimum Gasteiger partial charge on any atom is -0.481 e. The first-order valence-corrected chi connectivity index (χ1v) is 4.18. The summed E-state index contributed by atoms with van der Waals surface area (Å²) >= 11 is 0. The molecule has 0 amide bonds. The first kappa shape index (κ1) is 12.0. The van der Waals surface area contributed by atoms with Crippen LogP contribution in [0.25, 0.3) is 0 Å². The van der Waals surface area contributed by atoms with E-state index in [1.807, 2.05) is 0 Å². The molecular weight excluding hydrogens is 223 g/mol. The molecule has 0 radical (unpaired) electrons. The molecule has 0 aliphatic heterocycles. The molecule has 0 atom stereocenters. The van der Waals surface area contributed by atoms with E-state index in [0.717, 1.165) is 0 Å². The fourth-order valence-corrected chi connectivity index (χ4v) is 1.24. The zero-order valence-electron chi connectivity index (χ0n) is 7.88. The molecule has 0 saturated carbocycles. The van der Waals surface area contributed by atoms with Crippen LogP contribution in [-0.2, 0) is 11.2 Å². The predicted octanol–water partition coefficient (Wildman–Crippen LogP) is 2.26. The highest BCUT2D eigenvalue weighted by Gasteiger charge is 2.18. The lowest BCUT2D eigenvalue weighted by Gasteiger charge is -2.07. The standard InChI is InChI=1S/C10H6F3NO2/c11-8-2-5(3-9(15)16)7(10(12)13)1-6(8)4-14/h1-2,10H,3H2,(H,15,16). The summed E-state index contributed by atoms with van der Waals surface area (Å²) in [5.74, 6) is -2.34. The molecule has 0 spiro atoms. The van der Waals surface area contributed by atoms with Crippen LogP contribution in [0.4, 0.5) is 13.2 Å². The number of nitriles is 1. The van der Waals surface area contributed by atoms with Gasteiger partial charge in [-0.3, -0.25) is 4.79 Å². The monoisotopic (exact) mass is 229 g/mol. The van der Waals surface area contributed by atoms with Crippen LogP contribution in [0.15, 0.2) is 12.1 Å². The Hall–Kier alpha value is -2.03. The van der Waals surface area contributed by atoms with Gasteiger partial charge in [0.1, 0.15) is 11.9 Å². The number of carboxylic acid groups (broad SMARTS) is 1.